The first kappa shape index (κ1) is 10.1. The van der Waals surface area contributed by atoms with Gasteiger partial charge in [-0.2, -0.15) is 0 Å². The first-order valence-corrected chi connectivity index (χ1v) is 6.44. The molecule has 1 aromatic carbocycles. The van der Waals surface area contributed by atoms with Gasteiger partial charge in [-0.15, -0.1) is 0 Å². The van der Waals surface area contributed by atoms with Gasteiger partial charge in [-0.05, 0) is 24.1 Å². The van der Waals surface area contributed by atoms with Crippen LogP contribution >= 0.6 is 15.9 Å². The second kappa shape index (κ2) is 4.09. The largest absolute Gasteiger partial charge is 0.356 e. The van der Waals surface area contributed by atoms with Gasteiger partial charge < -0.3 is 10.2 Å². The maximum Gasteiger partial charge on any atom is 0.194 e. The summed E-state index contributed by atoms with van der Waals surface area (Å²) in [6, 6.07) is 9.00. The molecule has 1 aromatic rings. The molecular weight excluding hydrogens is 266 g/mol. The summed E-state index contributed by atoms with van der Waals surface area (Å²) in [4.78, 5) is 6.94. The Morgan fingerprint density at radius 1 is 1.31 bits per heavy atom. The number of hydrogen-bond acceptors (Lipinski definition) is 3. The minimum atomic E-state index is 0.427. The van der Waals surface area contributed by atoms with Crippen LogP contribution in [0.15, 0.2) is 33.7 Å². The number of rotatable bonds is 1. The molecule has 0 aromatic heterocycles. The van der Waals surface area contributed by atoms with Crippen molar-refractivity contribution >= 4 is 21.9 Å². The van der Waals surface area contributed by atoms with E-state index in [4.69, 9.17) is 0 Å². The highest BCUT2D eigenvalue weighted by Crippen LogP contribution is 2.28. The second-order valence-corrected chi connectivity index (χ2v) is 5.12. The van der Waals surface area contributed by atoms with Gasteiger partial charge in [0.2, 0.25) is 0 Å². The Labute approximate surface area is 104 Å². The van der Waals surface area contributed by atoms with Crippen LogP contribution in [0.5, 0.6) is 0 Å². The molecule has 1 saturated heterocycles. The predicted octanol–water partition coefficient (Wildman–Crippen LogP) is 2.16. The van der Waals surface area contributed by atoms with Crippen LogP contribution in [0, 0.1) is 0 Å². The molecule has 0 amide bonds. The molecule has 3 rings (SSSR count). The minimum absolute atomic E-state index is 0.427. The van der Waals surface area contributed by atoms with Crippen molar-refractivity contribution in [1.82, 2.24) is 10.2 Å². The fraction of sp³-hybridized carbons (Fsp3) is 0.417. The Bertz CT molecular complexity index is 413. The van der Waals surface area contributed by atoms with Gasteiger partial charge in [-0.3, -0.25) is 4.99 Å². The molecule has 0 radical (unpaired) electrons. The zero-order valence-electron chi connectivity index (χ0n) is 8.99. The molecule has 2 heterocycles. The highest BCUT2D eigenvalue weighted by Gasteiger charge is 2.30. The highest BCUT2D eigenvalue weighted by molar-refractivity contribution is 9.10. The number of aliphatic imine (C=N–C) groups is 1. The lowest BCUT2D eigenvalue weighted by Gasteiger charge is -2.32. The van der Waals surface area contributed by atoms with Crippen LogP contribution in [-0.4, -0.2) is 30.5 Å². The Morgan fingerprint density at radius 2 is 2.12 bits per heavy atom. The average Bonchev–Trinajstić information content (AvgIpc) is 2.74. The lowest BCUT2D eigenvalue weighted by atomic mass is 10.1. The molecule has 0 bridgehead atoms. The number of guanidine groups is 1. The highest BCUT2D eigenvalue weighted by atomic mass is 79.9. The molecule has 4 heteroatoms. The van der Waals surface area contributed by atoms with Crippen molar-refractivity contribution in [3.63, 3.8) is 0 Å². The van der Waals surface area contributed by atoms with E-state index in [9.17, 15) is 0 Å². The Hall–Kier alpha value is -1.03. The van der Waals surface area contributed by atoms with E-state index in [1.54, 1.807) is 0 Å². The number of benzene rings is 1. The van der Waals surface area contributed by atoms with Gasteiger partial charge >= 0.3 is 0 Å². The summed E-state index contributed by atoms with van der Waals surface area (Å²) < 4.78 is 1.13. The third-order valence-corrected chi connectivity index (χ3v) is 3.70. The molecule has 1 unspecified atom stereocenters. The zero-order chi connectivity index (χ0) is 11.0. The van der Waals surface area contributed by atoms with Crippen molar-refractivity contribution in [2.75, 3.05) is 19.6 Å². The van der Waals surface area contributed by atoms with Crippen LogP contribution in [0.4, 0.5) is 0 Å². The van der Waals surface area contributed by atoms with Crippen molar-refractivity contribution in [2.24, 2.45) is 4.99 Å². The number of nitrogens with zero attached hydrogens (tertiary/aromatic N) is 2. The van der Waals surface area contributed by atoms with Crippen molar-refractivity contribution < 1.29 is 0 Å². The van der Waals surface area contributed by atoms with Gasteiger partial charge in [0.15, 0.2) is 5.96 Å². The van der Waals surface area contributed by atoms with E-state index in [1.165, 1.54) is 12.0 Å². The number of halogens is 1. The van der Waals surface area contributed by atoms with E-state index in [-0.39, 0.29) is 0 Å². The summed E-state index contributed by atoms with van der Waals surface area (Å²) in [5.41, 5.74) is 1.35. The van der Waals surface area contributed by atoms with Crippen LogP contribution in [0.25, 0.3) is 0 Å². The summed E-state index contributed by atoms with van der Waals surface area (Å²) in [6.45, 7) is 3.05. The van der Waals surface area contributed by atoms with E-state index in [0.717, 1.165) is 30.1 Å². The fourth-order valence-electron chi connectivity index (χ4n) is 2.35. The number of nitrogens with one attached hydrogen (secondary N) is 1. The van der Waals surface area contributed by atoms with Crippen LogP contribution in [0.3, 0.4) is 0 Å². The summed E-state index contributed by atoms with van der Waals surface area (Å²) in [6.07, 6.45) is 1.20. The zero-order valence-corrected chi connectivity index (χ0v) is 10.6. The first-order valence-electron chi connectivity index (χ1n) is 5.65. The fourth-order valence-corrected chi connectivity index (χ4v) is 2.61. The maximum atomic E-state index is 4.56. The van der Waals surface area contributed by atoms with Crippen LogP contribution in [0.2, 0.25) is 0 Å². The summed E-state index contributed by atoms with van der Waals surface area (Å²) in [5, 5.41) is 3.36. The number of hydrogen-bond donors (Lipinski definition) is 1. The van der Waals surface area contributed by atoms with Crippen molar-refractivity contribution in [3.05, 3.63) is 34.3 Å². The smallest absolute Gasteiger partial charge is 0.194 e. The maximum absolute atomic E-state index is 4.56. The molecule has 0 aliphatic carbocycles. The molecule has 84 valence electrons. The minimum Gasteiger partial charge on any atom is -0.356 e. The quantitative estimate of drug-likeness (QED) is 0.853. The Balaban J connectivity index is 1.84. The van der Waals surface area contributed by atoms with E-state index in [1.807, 2.05) is 0 Å². The van der Waals surface area contributed by atoms with Gasteiger partial charge in [0.25, 0.3) is 0 Å². The molecule has 16 heavy (non-hydrogen) atoms. The first-order chi connectivity index (χ1) is 7.84. The number of fused-ring (bicyclic) bond motifs is 1. The third kappa shape index (κ3) is 1.71. The SMILES string of the molecule is Brc1ccc(C2CN=C3NCCCN32)cc1. The monoisotopic (exact) mass is 279 g/mol. The van der Waals surface area contributed by atoms with Gasteiger partial charge in [0.1, 0.15) is 0 Å². The summed E-state index contributed by atoms with van der Waals surface area (Å²) >= 11 is 3.47. The Kier molecular flexibility index (Phi) is 2.59. The lowest BCUT2D eigenvalue weighted by molar-refractivity contribution is 0.316. The molecule has 0 spiro atoms. The standard InChI is InChI=1S/C12H14BrN3/c13-10-4-2-9(3-5-10)11-8-15-12-14-6-1-7-16(11)12/h2-5,11H,1,6-8H2,(H,14,15). The van der Waals surface area contributed by atoms with E-state index >= 15 is 0 Å². The van der Waals surface area contributed by atoms with E-state index in [0.29, 0.717) is 6.04 Å². The Morgan fingerprint density at radius 3 is 2.94 bits per heavy atom. The van der Waals surface area contributed by atoms with Gasteiger partial charge in [-0.1, -0.05) is 28.1 Å². The molecule has 1 N–H and O–H groups in total. The third-order valence-electron chi connectivity index (χ3n) is 3.18. The van der Waals surface area contributed by atoms with Crippen molar-refractivity contribution in [3.8, 4) is 0 Å². The van der Waals surface area contributed by atoms with E-state index in [2.05, 4.69) is 55.4 Å². The van der Waals surface area contributed by atoms with Crippen LogP contribution < -0.4 is 5.32 Å². The van der Waals surface area contributed by atoms with Crippen molar-refractivity contribution in [1.29, 1.82) is 0 Å². The molecule has 0 saturated carbocycles. The van der Waals surface area contributed by atoms with Crippen LogP contribution in [-0.2, 0) is 0 Å². The molecular formula is C12H14BrN3. The molecule has 1 fully saturated rings. The topological polar surface area (TPSA) is 27.6 Å². The predicted molar refractivity (Wildman–Crippen MR) is 68.5 cm³/mol. The van der Waals surface area contributed by atoms with E-state index < -0.39 is 0 Å². The summed E-state index contributed by atoms with van der Waals surface area (Å²) in [7, 11) is 0. The molecule has 1 atom stereocenters. The second-order valence-electron chi connectivity index (χ2n) is 4.21. The van der Waals surface area contributed by atoms with Crippen molar-refractivity contribution in [2.45, 2.75) is 12.5 Å². The summed E-state index contributed by atoms with van der Waals surface area (Å²) in [5.74, 6) is 1.08. The van der Waals surface area contributed by atoms with Gasteiger partial charge in [0.05, 0.1) is 12.6 Å². The molecule has 2 aliphatic heterocycles. The molecule has 3 nitrogen and oxygen atoms in total. The van der Waals surface area contributed by atoms with Gasteiger partial charge in [0, 0.05) is 17.6 Å². The lowest BCUT2D eigenvalue weighted by Crippen LogP contribution is -2.46. The average molecular weight is 280 g/mol. The molecule has 2 aliphatic rings. The van der Waals surface area contributed by atoms with Gasteiger partial charge in [-0.25, -0.2) is 0 Å². The van der Waals surface area contributed by atoms with Crippen LogP contribution in [0.1, 0.15) is 18.0 Å². The normalized spacial score (nSPS) is 23.7.